The summed E-state index contributed by atoms with van der Waals surface area (Å²) in [4.78, 5) is 0. The number of nitrogens with one attached hydrogen (secondary N) is 1. The van der Waals surface area contributed by atoms with E-state index in [0.717, 1.165) is 18.5 Å². The molecule has 0 amide bonds. The zero-order valence-corrected chi connectivity index (χ0v) is 11.4. The number of benzene rings is 1. The minimum absolute atomic E-state index is 0.0939. The lowest BCUT2D eigenvalue weighted by Crippen LogP contribution is -2.28. The van der Waals surface area contributed by atoms with Crippen molar-refractivity contribution in [2.24, 2.45) is 5.73 Å². The van der Waals surface area contributed by atoms with E-state index in [0.29, 0.717) is 16.6 Å². The topological polar surface area (TPSA) is 38.0 Å². The zero-order chi connectivity index (χ0) is 12.7. The summed E-state index contributed by atoms with van der Waals surface area (Å²) in [7, 11) is 0. The van der Waals surface area contributed by atoms with Gasteiger partial charge in [0.1, 0.15) is 0 Å². The van der Waals surface area contributed by atoms with Crippen LogP contribution in [0, 0.1) is 0 Å². The van der Waals surface area contributed by atoms with Gasteiger partial charge < -0.3 is 11.1 Å². The molecule has 1 unspecified atom stereocenters. The molecule has 0 aliphatic heterocycles. The summed E-state index contributed by atoms with van der Waals surface area (Å²) in [6.45, 7) is 3.42. The van der Waals surface area contributed by atoms with Crippen LogP contribution in [-0.2, 0) is 0 Å². The summed E-state index contributed by atoms with van der Waals surface area (Å²) in [5, 5.41) is 4.66. The van der Waals surface area contributed by atoms with Gasteiger partial charge in [0.25, 0.3) is 0 Å². The second kappa shape index (κ2) is 7.72. The Kier molecular flexibility index (Phi) is 6.60. The quantitative estimate of drug-likeness (QED) is 0.614. The highest BCUT2D eigenvalue weighted by atomic mass is 35.5. The number of nitrogens with two attached hydrogens (primary N) is 1. The molecule has 0 bridgehead atoms. The van der Waals surface area contributed by atoms with Gasteiger partial charge in [0.2, 0.25) is 0 Å². The molecule has 0 aliphatic rings. The average Bonchev–Trinajstić information content (AvgIpc) is 2.28. The molecule has 1 aromatic rings. The van der Waals surface area contributed by atoms with Gasteiger partial charge in [0.05, 0.1) is 0 Å². The van der Waals surface area contributed by atoms with Gasteiger partial charge in [0, 0.05) is 22.6 Å². The van der Waals surface area contributed by atoms with Crippen molar-refractivity contribution in [1.29, 1.82) is 0 Å². The van der Waals surface area contributed by atoms with Crippen molar-refractivity contribution in [3.05, 3.63) is 46.0 Å². The summed E-state index contributed by atoms with van der Waals surface area (Å²) in [6.07, 6.45) is 5.14. The second-order valence-corrected chi connectivity index (χ2v) is 4.68. The molecule has 0 fully saturated rings. The van der Waals surface area contributed by atoms with Crippen molar-refractivity contribution < 1.29 is 0 Å². The molecular formula is C13H18Cl2N2. The predicted molar refractivity (Wildman–Crippen MR) is 75.7 cm³/mol. The highest BCUT2D eigenvalue weighted by Gasteiger charge is 2.09. The molecule has 0 aliphatic carbocycles. The molecule has 0 saturated carbocycles. The number of hydrogen-bond donors (Lipinski definition) is 2. The van der Waals surface area contributed by atoms with Crippen LogP contribution in [0.2, 0.25) is 10.0 Å². The Morgan fingerprint density at radius 3 is 2.47 bits per heavy atom. The van der Waals surface area contributed by atoms with Gasteiger partial charge >= 0.3 is 0 Å². The van der Waals surface area contributed by atoms with Crippen LogP contribution in [0.3, 0.4) is 0 Å². The number of allylic oxidation sites excluding steroid dienone is 1. The van der Waals surface area contributed by atoms with E-state index >= 15 is 0 Å². The van der Waals surface area contributed by atoms with Crippen molar-refractivity contribution in [2.75, 3.05) is 13.1 Å². The number of hydrogen-bond acceptors (Lipinski definition) is 2. The Morgan fingerprint density at radius 1 is 1.29 bits per heavy atom. The van der Waals surface area contributed by atoms with E-state index in [9.17, 15) is 0 Å². The molecule has 0 saturated heterocycles. The van der Waals surface area contributed by atoms with Crippen LogP contribution in [0.4, 0.5) is 0 Å². The van der Waals surface area contributed by atoms with Gasteiger partial charge in [-0.25, -0.2) is 0 Å². The van der Waals surface area contributed by atoms with Gasteiger partial charge in [0.15, 0.2) is 0 Å². The molecule has 0 heterocycles. The summed E-state index contributed by atoms with van der Waals surface area (Å²) in [5.41, 5.74) is 6.79. The van der Waals surface area contributed by atoms with Crippen LogP contribution < -0.4 is 11.1 Å². The third-order valence-corrected chi connectivity index (χ3v) is 2.90. The third kappa shape index (κ3) is 5.09. The summed E-state index contributed by atoms with van der Waals surface area (Å²) >= 11 is 11.9. The predicted octanol–water partition coefficient (Wildman–Crippen LogP) is 3.55. The first-order valence-electron chi connectivity index (χ1n) is 5.68. The van der Waals surface area contributed by atoms with Crippen LogP contribution in [0.5, 0.6) is 0 Å². The first-order valence-corrected chi connectivity index (χ1v) is 6.43. The molecular weight excluding hydrogens is 255 g/mol. The summed E-state index contributed by atoms with van der Waals surface area (Å²) in [5.74, 6) is 0. The fourth-order valence-corrected chi connectivity index (χ4v) is 2.16. The van der Waals surface area contributed by atoms with Crippen LogP contribution in [0.25, 0.3) is 0 Å². The molecule has 1 aromatic carbocycles. The average molecular weight is 273 g/mol. The third-order valence-electron chi connectivity index (χ3n) is 2.46. The van der Waals surface area contributed by atoms with E-state index < -0.39 is 0 Å². The van der Waals surface area contributed by atoms with Crippen molar-refractivity contribution >= 4 is 23.2 Å². The standard InChI is InChI=1S/C13H18Cl2N2/c1-2-3-4-5-17-13(9-16)10-6-11(14)8-12(15)7-10/h2-3,6-8,13,17H,4-5,9,16H2,1H3/b3-2+. The Labute approximate surface area is 113 Å². The lowest BCUT2D eigenvalue weighted by atomic mass is 10.1. The highest BCUT2D eigenvalue weighted by Crippen LogP contribution is 2.23. The first-order chi connectivity index (χ1) is 8.17. The van der Waals surface area contributed by atoms with E-state index in [2.05, 4.69) is 11.4 Å². The van der Waals surface area contributed by atoms with Gasteiger partial charge in [-0.1, -0.05) is 35.4 Å². The Hall–Kier alpha value is -0.540. The monoisotopic (exact) mass is 272 g/mol. The van der Waals surface area contributed by atoms with Crippen molar-refractivity contribution in [1.82, 2.24) is 5.32 Å². The van der Waals surface area contributed by atoms with Crippen LogP contribution >= 0.6 is 23.2 Å². The van der Waals surface area contributed by atoms with Crippen LogP contribution in [-0.4, -0.2) is 13.1 Å². The van der Waals surface area contributed by atoms with Gasteiger partial charge in [-0.05, 0) is 43.7 Å². The van der Waals surface area contributed by atoms with Crippen molar-refractivity contribution in [2.45, 2.75) is 19.4 Å². The molecule has 0 aromatic heterocycles. The molecule has 1 rings (SSSR count). The Balaban J connectivity index is 2.65. The largest absolute Gasteiger partial charge is 0.329 e. The second-order valence-electron chi connectivity index (χ2n) is 3.80. The molecule has 3 N–H and O–H groups in total. The van der Waals surface area contributed by atoms with Crippen molar-refractivity contribution in [3.63, 3.8) is 0 Å². The number of halogens is 2. The molecule has 94 valence electrons. The van der Waals surface area contributed by atoms with Crippen LogP contribution in [0.1, 0.15) is 24.9 Å². The minimum atomic E-state index is 0.0939. The van der Waals surface area contributed by atoms with Crippen molar-refractivity contribution in [3.8, 4) is 0 Å². The fourth-order valence-electron chi connectivity index (χ4n) is 1.62. The lowest BCUT2D eigenvalue weighted by molar-refractivity contribution is 0.548. The SMILES string of the molecule is C/C=C/CCNC(CN)c1cc(Cl)cc(Cl)c1. The normalized spacial score (nSPS) is 13.2. The Morgan fingerprint density at radius 2 is 1.94 bits per heavy atom. The number of rotatable bonds is 6. The highest BCUT2D eigenvalue weighted by molar-refractivity contribution is 6.34. The zero-order valence-electron chi connectivity index (χ0n) is 9.92. The van der Waals surface area contributed by atoms with E-state index in [1.807, 2.05) is 25.1 Å². The summed E-state index contributed by atoms with van der Waals surface area (Å²) in [6, 6.07) is 5.61. The molecule has 1 atom stereocenters. The van der Waals surface area contributed by atoms with Gasteiger partial charge in [-0.3, -0.25) is 0 Å². The lowest BCUT2D eigenvalue weighted by Gasteiger charge is -2.17. The molecule has 0 spiro atoms. The van der Waals surface area contributed by atoms with E-state index in [1.54, 1.807) is 6.07 Å². The van der Waals surface area contributed by atoms with Gasteiger partial charge in [-0.15, -0.1) is 0 Å². The first kappa shape index (κ1) is 14.5. The molecule has 4 heteroatoms. The molecule has 17 heavy (non-hydrogen) atoms. The smallest absolute Gasteiger partial charge is 0.0445 e. The van der Waals surface area contributed by atoms with E-state index in [-0.39, 0.29) is 6.04 Å². The fraction of sp³-hybridized carbons (Fsp3) is 0.385. The molecule has 2 nitrogen and oxygen atoms in total. The minimum Gasteiger partial charge on any atom is -0.329 e. The molecule has 0 radical (unpaired) electrons. The van der Waals surface area contributed by atoms with E-state index in [1.165, 1.54) is 0 Å². The Bertz CT molecular complexity index is 357. The maximum Gasteiger partial charge on any atom is 0.0445 e. The van der Waals surface area contributed by atoms with Gasteiger partial charge in [-0.2, -0.15) is 0 Å². The maximum atomic E-state index is 5.97. The van der Waals surface area contributed by atoms with E-state index in [4.69, 9.17) is 28.9 Å². The van der Waals surface area contributed by atoms with Crippen LogP contribution in [0.15, 0.2) is 30.4 Å². The maximum absolute atomic E-state index is 5.97. The summed E-state index contributed by atoms with van der Waals surface area (Å²) < 4.78 is 0.